The molecule has 3 rings (SSSR count). The number of aryl methyl sites for hydroxylation is 2. The van der Waals surface area contributed by atoms with Gasteiger partial charge in [0.05, 0.1) is 6.54 Å². The molecular weight excluding hydrogens is 326 g/mol. The molecule has 0 aliphatic heterocycles. The van der Waals surface area contributed by atoms with E-state index in [1.54, 1.807) is 0 Å². The minimum absolute atomic E-state index is 0.147. The van der Waals surface area contributed by atoms with Crippen molar-refractivity contribution in [2.24, 2.45) is 0 Å². The van der Waals surface area contributed by atoms with E-state index in [1.165, 1.54) is 0 Å². The number of ketones is 1. The van der Waals surface area contributed by atoms with Crippen LogP contribution in [0.3, 0.4) is 0 Å². The number of hydrogen-bond acceptors (Lipinski definition) is 1. The van der Waals surface area contributed by atoms with Gasteiger partial charge in [-0.05, 0) is 49.1 Å². The highest BCUT2D eigenvalue weighted by Gasteiger charge is 2.11. The first kappa shape index (κ1) is 14.1. The van der Waals surface area contributed by atoms with Gasteiger partial charge in [0.25, 0.3) is 0 Å². The Morgan fingerprint density at radius 1 is 1.10 bits per heavy atom. The van der Waals surface area contributed by atoms with Gasteiger partial charge in [0, 0.05) is 21.7 Å². The third kappa shape index (κ3) is 2.79. The summed E-state index contributed by atoms with van der Waals surface area (Å²) in [6.07, 6.45) is 1.97. The molecule has 1 heterocycles. The van der Waals surface area contributed by atoms with Crippen LogP contribution in [0.25, 0.3) is 10.9 Å². The Kier molecular flexibility index (Phi) is 3.68. The number of carbonyl (C=O) groups is 1. The molecule has 0 radical (unpaired) electrons. The SMILES string of the molecule is Cc1ccc(C)c(C(=O)Cn2ccc3ccc(Br)cc32)c1. The van der Waals surface area contributed by atoms with Crippen LogP contribution in [0.15, 0.2) is 53.1 Å². The quantitative estimate of drug-likeness (QED) is 0.620. The summed E-state index contributed by atoms with van der Waals surface area (Å²) < 4.78 is 3.03. The molecule has 0 N–H and O–H groups in total. The zero-order valence-corrected chi connectivity index (χ0v) is 13.6. The number of Topliss-reactive ketones (excluding diaryl/α,β-unsaturated/α-hetero) is 1. The molecule has 106 valence electrons. The summed E-state index contributed by atoms with van der Waals surface area (Å²) >= 11 is 3.49. The van der Waals surface area contributed by atoms with Gasteiger partial charge in [0.15, 0.2) is 5.78 Å². The third-order valence-corrected chi connectivity index (χ3v) is 4.24. The first-order valence-corrected chi connectivity index (χ1v) is 7.69. The lowest BCUT2D eigenvalue weighted by atomic mass is 10.0. The highest BCUT2D eigenvalue weighted by molar-refractivity contribution is 9.10. The Hall–Kier alpha value is -1.87. The van der Waals surface area contributed by atoms with E-state index in [2.05, 4.69) is 22.0 Å². The monoisotopic (exact) mass is 341 g/mol. The summed E-state index contributed by atoms with van der Waals surface area (Å²) in [6, 6.07) is 14.2. The fraction of sp³-hybridized carbons (Fsp3) is 0.167. The Morgan fingerprint density at radius 3 is 2.71 bits per heavy atom. The predicted octanol–water partition coefficient (Wildman–Crippen LogP) is 4.90. The topological polar surface area (TPSA) is 22.0 Å². The molecule has 0 spiro atoms. The van der Waals surface area contributed by atoms with Crippen LogP contribution >= 0.6 is 15.9 Å². The third-order valence-electron chi connectivity index (χ3n) is 3.74. The number of benzene rings is 2. The first-order valence-electron chi connectivity index (χ1n) is 6.89. The van der Waals surface area contributed by atoms with Crippen LogP contribution in [-0.2, 0) is 6.54 Å². The number of fused-ring (bicyclic) bond motifs is 1. The van der Waals surface area contributed by atoms with E-state index in [9.17, 15) is 4.79 Å². The number of nitrogens with zero attached hydrogens (tertiary/aromatic N) is 1. The summed E-state index contributed by atoms with van der Waals surface area (Å²) in [4.78, 5) is 12.6. The van der Waals surface area contributed by atoms with E-state index in [4.69, 9.17) is 0 Å². The standard InChI is InChI=1S/C18H16BrNO/c1-12-3-4-13(2)16(9-12)18(21)11-20-8-7-14-5-6-15(19)10-17(14)20/h3-10H,11H2,1-2H3. The van der Waals surface area contributed by atoms with Crippen molar-refractivity contribution in [2.45, 2.75) is 20.4 Å². The normalized spacial score (nSPS) is 11.0. The van der Waals surface area contributed by atoms with Crippen LogP contribution in [0.2, 0.25) is 0 Å². The zero-order valence-electron chi connectivity index (χ0n) is 12.1. The molecule has 0 saturated heterocycles. The highest BCUT2D eigenvalue weighted by atomic mass is 79.9. The number of hydrogen-bond donors (Lipinski definition) is 0. The van der Waals surface area contributed by atoms with Gasteiger partial charge in [-0.15, -0.1) is 0 Å². The molecule has 0 unspecified atom stereocenters. The fourth-order valence-corrected chi connectivity index (χ4v) is 2.92. The summed E-state index contributed by atoms with van der Waals surface area (Å²) in [5.41, 5.74) is 4.03. The molecule has 2 aromatic carbocycles. The van der Waals surface area contributed by atoms with E-state index in [1.807, 2.05) is 61.0 Å². The molecule has 0 atom stereocenters. The van der Waals surface area contributed by atoms with Crippen molar-refractivity contribution in [3.05, 3.63) is 69.8 Å². The van der Waals surface area contributed by atoms with Crippen LogP contribution in [0.4, 0.5) is 0 Å². The molecule has 3 aromatic rings. The highest BCUT2D eigenvalue weighted by Crippen LogP contribution is 2.22. The number of halogens is 1. The van der Waals surface area contributed by atoms with Gasteiger partial charge in [-0.2, -0.15) is 0 Å². The molecule has 2 nitrogen and oxygen atoms in total. The number of aromatic nitrogens is 1. The zero-order chi connectivity index (χ0) is 15.0. The molecule has 0 bridgehead atoms. The second kappa shape index (κ2) is 5.49. The Labute approximate surface area is 132 Å². The van der Waals surface area contributed by atoms with E-state index >= 15 is 0 Å². The Balaban J connectivity index is 1.96. The molecule has 1 aromatic heterocycles. The summed E-state index contributed by atoms with van der Waals surface area (Å²) in [5.74, 6) is 0.147. The Bertz CT molecular complexity index is 832. The van der Waals surface area contributed by atoms with E-state index in [0.29, 0.717) is 6.54 Å². The second-order valence-corrected chi connectivity index (χ2v) is 6.30. The van der Waals surface area contributed by atoms with E-state index < -0.39 is 0 Å². The van der Waals surface area contributed by atoms with Crippen molar-refractivity contribution < 1.29 is 4.79 Å². The molecular formula is C18H16BrNO. The predicted molar refractivity (Wildman–Crippen MR) is 89.9 cm³/mol. The fourth-order valence-electron chi connectivity index (χ4n) is 2.57. The van der Waals surface area contributed by atoms with Gasteiger partial charge in [-0.3, -0.25) is 4.79 Å². The van der Waals surface area contributed by atoms with Crippen LogP contribution in [-0.4, -0.2) is 10.4 Å². The van der Waals surface area contributed by atoms with Crippen molar-refractivity contribution in [2.75, 3.05) is 0 Å². The van der Waals surface area contributed by atoms with Gasteiger partial charge >= 0.3 is 0 Å². The maximum atomic E-state index is 12.6. The van der Waals surface area contributed by atoms with Crippen molar-refractivity contribution >= 4 is 32.6 Å². The van der Waals surface area contributed by atoms with Gasteiger partial charge in [0.1, 0.15) is 0 Å². The molecule has 21 heavy (non-hydrogen) atoms. The Morgan fingerprint density at radius 2 is 1.90 bits per heavy atom. The van der Waals surface area contributed by atoms with E-state index in [0.717, 1.165) is 32.1 Å². The van der Waals surface area contributed by atoms with Crippen LogP contribution in [0, 0.1) is 13.8 Å². The maximum absolute atomic E-state index is 12.6. The van der Waals surface area contributed by atoms with Crippen molar-refractivity contribution in [1.82, 2.24) is 4.57 Å². The molecule has 0 fully saturated rings. The van der Waals surface area contributed by atoms with Gasteiger partial charge < -0.3 is 4.57 Å². The van der Waals surface area contributed by atoms with Crippen molar-refractivity contribution in [3.8, 4) is 0 Å². The smallest absolute Gasteiger partial charge is 0.182 e. The molecule has 0 amide bonds. The minimum atomic E-state index is 0.147. The van der Waals surface area contributed by atoms with Gasteiger partial charge in [-0.25, -0.2) is 0 Å². The second-order valence-electron chi connectivity index (χ2n) is 5.39. The van der Waals surface area contributed by atoms with Crippen LogP contribution in [0.1, 0.15) is 21.5 Å². The summed E-state index contributed by atoms with van der Waals surface area (Å²) in [5, 5.41) is 1.15. The lowest BCUT2D eigenvalue weighted by Crippen LogP contribution is -2.11. The summed E-state index contributed by atoms with van der Waals surface area (Å²) in [7, 11) is 0. The van der Waals surface area contributed by atoms with Crippen molar-refractivity contribution in [3.63, 3.8) is 0 Å². The van der Waals surface area contributed by atoms with Crippen LogP contribution in [0.5, 0.6) is 0 Å². The average Bonchev–Trinajstić information content (AvgIpc) is 2.84. The molecule has 0 aliphatic carbocycles. The van der Waals surface area contributed by atoms with Crippen LogP contribution < -0.4 is 0 Å². The van der Waals surface area contributed by atoms with Gasteiger partial charge in [0.2, 0.25) is 0 Å². The molecule has 0 aliphatic rings. The van der Waals surface area contributed by atoms with Crippen molar-refractivity contribution in [1.29, 1.82) is 0 Å². The lowest BCUT2D eigenvalue weighted by molar-refractivity contribution is 0.0973. The summed E-state index contributed by atoms with van der Waals surface area (Å²) in [6.45, 7) is 4.36. The van der Waals surface area contributed by atoms with E-state index in [-0.39, 0.29) is 5.78 Å². The lowest BCUT2D eigenvalue weighted by Gasteiger charge is -2.08. The largest absolute Gasteiger partial charge is 0.340 e. The average molecular weight is 342 g/mol. The molecule has 0 saturated carbocycles. The number of rotatable bonds is 3. The molecule has 3 heteroatoms. The maximum Gasteiger partial charge on any atom is 0.182 e. The van der Waals surface area contributed by atoms with Gasteiger partial charge in [-0.1, -0.05) is 39.7 Å². The number of carbonyl (C=O) groups excluding carboxylic acids is 1. The first-order chi connectivity index (χ1) is 10.0. The minimum Gasteiger partial charge on any atom is -0.340 e.